The van der Waals surface area contributed by atoms with Gasteiger partial charge in [-0.1, -0.05) is 0 Å². The van der Waals surface area contributed by atoms with Crippen molar-refractivity contribution in [2.45, 2.75) is 19.4 Å². The molecule has 8 nitrogen and oxygen atoms in total. The van der Waals surface area contributed by atoms with E-state index < -0.39 is 0 Å². The molecule has 2 aromatic heterocycles. The lowest BCUT2D eigenvalue weighted by molar-refractivity contribution is -0.383. The molecule has 0 radical (unpaired) electrons. The van der Waals surface area contributed by atoms with Crippen LogP contribution >= 0.6 is 0 Å². The quantitative estimate of drug-likeness (QED) is 0.409. The Morgan fingerprint density at radius 3 is 2.74 bits per heavy atom. The number of anilines is 1. The lowest BCUT2D eigenvalue weighted by Gasteiger charge is -2.10. The molecule has 0 spiro atoms. The first kappa shape index (κ1) is 14.9. The number of non-ortho nitro benzene ring substituents is 1. The highest BCUT2D eigenvalue weighted by Gasteiger charge is 2.13. The third-order valence-corrected chi connectivity index (χ3v) is 3.62. The second-order valence-corrected chi connectivity index (χ2v) is 5.14. The highest BCUT2D eigenvalue weighted by Crippen LogP contribution is 2.30. The molecule has 3 aromatic rings. The summed E-state index contributed by atoms with van der Waals surface area (Å²) in [6.45, 7) is 1.66. The van der Waals surface area contributed by atoms with Gasteiger partial charge in [0.1, 0.15) is 12.7 Å². The number of nitro benzene ring substituents is 1. The fraction of sp³-hybridized carbons (Fsp3) is 0.267. The van der Waals surface area contributed by atoms with Gasteiger partial charge in [0, 0.05) is 42.6 Å². The van der Waals surface area contributed by atoms with Crippen molar-refractivity contribution in [3.63, 3.8) is 0 Å². The van der Waals surface area contributed by atoms with E-state index in [4.69, 9.17) is 0 Å². The minimum absolute atomic E-state index is 0.0752. The number of pyridine rings is 1. The first-order valence-corrected chi connectivity index (χ1v) is 7.33. The molecule has 0 aliphatic heterocycles. The number of benzene rings is 1. The number of aryl methyl sites for hydroxylation is 1. The molecule has 1 N–H and O–H groups in total. The predicted molar refractivity (Wildman–Crippen MR) is 86.1 cm³/mol. The second kappa shape index (κ2) is 6.82. The van der Waals surface area contributed by atoms with E-state index in [9.17, 15) is 10.1 Å². The van der Waals surface area contributed by atoms with E-state index in [-0.39, 0.29) is 10.6 Å². The van der Waals surface area contributed by atoms with Crippen LogP contribution in [0.3, 0.4) is 0 Å². The van der Waals surface area contributed by atoms with Crippen molar-refractivity contribution in [1.29, 1.82) is 0 Å². The lowest BCUT2D eigenvalue weighted by Crippen LogP contribution is -2.04. The SMILES string of the molecule is O=[N+]([O-])c1ccc(NCCCCn2cnnc2)c2ccncc12. The largest absolute Gasteiger partial charge is 0.385 e. The van der Waals surface area contributed by atoms with Crippen molar-refractivity contribution in [2.24, 2.45) is 0 Å². The van der Waals surface area contributed by atoms with Crippen LogP contribution in [-0.4, -0.2) is 31.2 Å². The number of nitrogens with zero attached hydrogens (tertiary/aromatic N) is 5. The molecule has 1 aromatic carbocycles. The number of unbranched alkanes of at least 4 members (excludes halogenated alkanes) is 1. The Kier molecular flexibility index (Phi) is 4.41. The molecule has 0 unspecified atom stereocenters. The van der Waals surface area contributed by atoms with Crippen LogP contribution in [0.15, 0.2) is 43.2 Å². The topological polar surface area (TPSA) is 98.8 Å². The fourth-order valence-corrected chi connectivity index (χ4v) is 2.47. The average molecular weight is 312 g/mol. The van der Waals surface area contributed by atoms with Crippen LogP contribution in [0.25, 0.3) is 10.8 Å². The predicted octanol–water partition coefficient (Wildman–Crippen LogP) is 2.63. The maximum absolute atomic E-state index is 11.1. The molecule has 0 fully saturated rings. The number of aromatic nitrogens is 4. The molecule has 0 saturated heterocycles. The maximum Gasteiger partial charge on any atom is 0.278 e. The summed E-state index contributed by atoms with van der Waals surface area (Å²) >= 11 is 0. The van der Waals surface area contributed by atoms with Gasteiger partial charge in [0.05, 0.1) is 10.3 Å². The molecule has 118 valence electrons. The molecule has 2 heterocycles. The van der Waals surface area contributed by atoms with Crippen LogP contribution in [-0.2, 0) is 6.54 Å². The molecule has 23 heavy (non-hydrogen) atoms. The summed E-state index contributed by atoms with van der Waals surface area (Å²) in [6.07, 6.45) is 8.54. The molecular weight excluding hydrogens is 296 g/mol. The zero-order valence-corrected chi connectivity index (χ0v) is 12.4. The average Bonchev–Trinajstić information content (AvgIpc) is 3.07. The van der Waals surface area contributed by atoms with Gasteiger partial charge in [-0.3, -0.25) is 15.1 Å². The van der Waals surface area contributed by atoms with Gasteiger partial charge in [-0.25, -0.2) is 0 Å². The molecular formula is C15H16N6O2. The lowest BCUT2D eigenvalue weighted by atomic mass is 10.1. The zero-order chi connectivity index (χ0) is 16.1. The van der Waals surface area contributed by atoms with Gasteiger partial charge >= 0.3 is 0 Å². The molecule has 3 rings (SSSR count). The number of rotatable bonds is 7. The molecule has 8 heteroatoms. The molecule has 0 bridgehead atoms. The van der Waals surface area contributed by atoms with Gasteiger partial charge in [-0.05, 0) is 25.0 Å². The van der Waals surface area contributed by atoms with Crippen molar-refractivity contribution in [3.8, 4) is 0 Å². The van der Waals surface area contributed by atoms with Crippen molar-refractivity contribution in [3.05, 3.63) is 53.4 Å². The van der Waals surface area contributed by atoms with E-state index in [1.54, 1.807) is 31.0 Å². The minimum Gasteiger partial charge on any atom is -0.385 e. The number of nitrogens with one attached hydrogen (secondary N) is 1. The number of nitro groups is 1. The molecule has 0 saturated carbocycles. The van der Waals surface area contributed by atoms with Crippen LogP contribution in [0, 0.1) is 10.1 Å². The number of hydrogen-bond donors (Lipinski definition) is 1. The minimum atomic E-state index is -0.382. The highest BCUT2D eigenvalue weighted by atomic mass is 16.6. The van der Waals surface area contributed by atoms with E-state index in [2.05, 4.69) is 20.5 Å². The summed E-state index contributed by atoms with van der Waals surface area (Å²) in [7, 11) is 0. The van der Waals surface area contributed by atoms with Gasteiger partial charge in [0.2, 0.25) is 0 Å². The van der Waals surface area contributed by atoms with Crippen LogP contribution in [0.5, 0.6) is 0 Å². The number of fused-ring (bicyclic) bond motifs is 1. The van der Waals surface area contributed by atoms with Gasteiger partial charge in [0.15, 0.2) is 0 Å². The normalized spacial score (nSPS) is 10.8. The highest BCUT2D eigenvalue weighted by molar-refractivity contribution is 5.99. The summed E-state index contributed by atoms with van der Waals surface area (Å²) in [5, 5.41) is 23.3. The monoisotopic (exact) mass is 312 g/mol. The Bertz CT molecular complexity index is 803. The Hall–Kier alpha value is -3.03. The molecule has 0 aliphatic carbocycles. The van der Waals surface area contributed by atoms with Crippen LogP contribution in [0.2, 0.25) is 0 Å². The van der Waals surface area contributed by atoms with Gasteiger partial charge in [-0.15, -0.1) is 10.2 Å². The van der Waals surface area contributed by atoms with Crippen molar-refractivity contribution >= 4 is 22.1 Å². The maximum atomic E-state index is 11.1. The smallest absolute Gasteiger partial charge is 0.278 e. The Balaban J connectivity index is 1.64. The van der Waals surface area contributed by atoms with Crippen LogP contribution in [0.4, 0.5) is 11.4 Å². The van der Waals surface area contributed by atoms with Crippen LogP contribution in [0.1, 0.15) is 12.8 Å². The second-order valence-electron chi connectivity index (χ2n) is 5.14. The summed E-state index contributed by atoms with van der Waals surface area (Å²) in [5.74, 6) is 0. The third kappa shape index (κ3) is 3.42. The zero-order valence-electron chi connectivity index (χ0n) is 12.4. The summed E-state index contributed by atoms with van der Waals surface area (Å²) in [5.41, 5.74) is 0.962. The molecule has 0 aliphatic rings. The summed E-state index contributed by atoms with van der Waals surface area (Å²) in [4.78, 5) is 14.7. The van der Waals surface area contributed by atoms with E-state index in [1.807, 2.05) is 4.57 Å². The summed E-state index contributed by atoms with van der Waals surface area (Å²) < 4.78 is 1.94. The first-order valence-electron chi connectivity index (χ1n) is 7.33. The van der Waals surface area contributed by atoms with Crippen molar-refractivity contribution in [2.75, 3.05) is 11.9 Å². The van der Waals surface area contributed by atoms with E-state index >= 15 is 0 Å². The third-order valence-electron chi connectivity index (χ3n) is 3.62. The Morgan fingerprint density at radius 1 is 1.13 bits per heavy atom. The number of hydrogen-bond acceptors (Lipinski definition) is 6. The Morgan fingerprint density at radius 2 is 1.96 bits per heavy atom. The van der Waals surface area contributed by atoms with E-state index in [0.29, 0.717) is 5.39 Å². The van der Waals surface area contributed by atoms with E-state index in [1.165, 1.54) is 12.3 Å². The van der Waals surface area contributed by atoms with Crippen LogP contribution < -0.4 is 5.32 Å². The Labute approximate surface area is 132 Å². The molecule has 0 amide bonds. The first-order chi connectivity index (χ1) is 11.3. The standard InChI is InChI=1S/C15H16N6O2/c22-21(23)15-4-3-14(12-5-7-16-9-13(12)15)17-6-1-2-8-20-10-18-19-11-20/h3-5,7,9-11,17H,1-2,6,8H2. The van der Waals surface area contributed by atoms with Crippen molar-refractivity contribution in [1.82, 2.24) is 19.7 Å². The fourth-order valence-electron chi connectivity index (χ4n) is 2.47. The van der Waals surface area contributed by atoms with Gasteiger partial charge < -0.3 is 9.88 Å². The molecule has 0 atom stereocenters. The summed E-state index contributed by atoms with van der Waals surface area (Å²) in [6, 6.07) is 5.06. The van der Waals surface area contributed by atoms with E-state index in [0.717, 1.165) is 37.0 Å². The van der Waals surface area contributed by atoms with Gasteiger partial charge in [-0.2, -0.15) is 0 Å². The van der Waals surface area contributed by atoms with Gasteiger partial charge in [0.25, 0.3) is 5.69 Å². The van der Waals surface area contributed by atoms with Crippen molar-refractivity contribution < 1.29 is 4.92 Å².